The van der Waals surface area contributed by atoms with Crippen molar-refractivity contribution in [2.24, 2.45) is 0 Å². The van der Waals surface area contributed by atoms with Crippen molar-refractivity contribution in [2.75, 3.05) is 19.6 Å². The Morgan fingerprint density at radius 2 is 1.70 bits per heavy atom. The van der Waals surface area contributed by atoms with E-state index >= 15 is 0 Å². The van der Waals surface area contributed by atoms with Gasteiger partial charge in [0.2, 0.25) is 5.82 Å². The maximum absolute atomic E-state index is 13.5. The van der Waals surface area contributed by atoms with Crippen LogP contribution < -0.4 is 4.74 Å². The van der Waals surface area contributed by atoms with Crippen molar-refractivity contribution >= 4 is 11.8 Å². The molecule has 1 fully saturated rings. The summed E-state index contributed by atoms with van der Waals surface area (Å²) in [4.78, 5) is 39.1. The van der Waals surface area contributed by atoms with Gasteiger partial charge in [0.15, 0.2) is 0 Å². The molecule has 2 heterocycles. The van der Waals surface area contributed by atoms with Gasteiger partial charge in [-0.1, -0.05) is 31.4 Å². The van der Waals surface area contributed by atoms with E-state index in [4.69, 9.17) is 4.74 Å². The van der Waals surface area contributed by atoms with Crippen molar-refractivity contribution in [3.8, 4) is 5.75 Å². The summed E-state index contributed by atoms with van der Waals surface area (Å²) in [5.74, 6) is 0.725. The first kappa shape index (κ1) is 23.2. The first-order chi connectivity index (χ1) is 16.2. The Kier molecular flexibility index (Phi) is 7.92. The molecule has 1 aliphatic carbocycles. The molecule has 176 valence electrons. The number of hydrogen-bond donors (Lipinski definition) is 0. The lowest BCUT2D eigenvalue weighted by Gasteiger charge is -2.40. The molecule has 0 bridgehead atoms. The largest absolute Gasteiger partial charge is 0.487 e. The van der Waals surface area contributed by atoms with Gasteiger partial charge in [0, 0.05) is 32.0 Å². The first-order valence-corrected chi connectivity index (χ1v) is 12.3. The van der Waals surface area contributed by atoms with Gasteiger partial charge in [-0.3, -0.25) is 9.59 Å². The van der Waals surface area contributed by atoms with Crippen LogP contribution in [0.5, 0.6) is 5.75 Å². The standard InChI is InChI=1S/C26H34N4O3/c1-2-29-18-9-3-4-10-19-30(26(32)24-27-16-11-17-28-24)21-13-6-8-15-23(21)33-22-14-7-5-12-20(22)25(29)31/h5,7,11-12,14,16-17,21,23H,2-4,6,8-10,13,15,18-19H2,1H3/t21-,23+/m1/s1. The predicted octanol–water partition coefficient (Wildman–Crippen LogP) is 4.35. The number of nitrogens with zero attached hydrogens (tertiary/aromatic N) is 4. The predicted molar refractivity (Wildman–Crippen MR) is 126 cm³/mol. The number of carbonyl (C=O) groups is 2. The molecule has 0 saturated heterocycles. The maximum atomic E-state index is 13.5. The number of rotatable bonds is 2. The van der Waals surface area contributed by atoms with E-state index in [1.165, 1.54) is 0 Å². The van der Waals surface area contributed by atoms with Gasteiger partial charge >= 0.3 is 0 Å². The van der Waals surface area contributed by atoms with Gasteiger partial charge < -0.3 is 14.5 Å². The molecule has 0 N–H and O–H groups in total. The van der Waals surface area contributed by atoms with Crippen LogP contribution in [-0.4, -0.2) is 63.4 Å². The summed E-state index contributed by atoms with van der Waals surface area (Å²) in [6, 6.07) is 9.18. The second-order valence-corrected chi connectivity index (χ2v) is 8.87. The van der Waals surface area contributed by atoms with E-state index in [-0.39, 0.29) is 29.8 Å². The smallest absolute Gasteiger partial charge is 0.292 e. The van der Waals surface area contributed by atoms with Crippen LogP contribution in [0, 0.1) is 0 Å². The summed E-state index contributed by atoms with van der Waals surface area (Å²) in [5.41, 5.74) is 0.602. The molecule has 2 aliphatic rings. The quantitative estimate of drug-likeness (QED) is 0.680. The molecule has 7 heteroatoms. The van der Waals surface area contributed by atoms with Crippen molar-refractivity contribution in [3.05, 3.63) is 54.1 Å². The Morgan fingerprint density at radius 1 is 0.970 bits per heavy atom. The zero-order valence-electron chi connectivity index (χ0n) is 19.5. The van der Waals surface area contributed by atoms with Crippen LogP contribution in [0.3, 0.4) is 0 Å². The molecule has 0 unspecified atom stereocenters. The molecule has 7 nitrogen and oxygen atoms in total. The summed E-state index contributed by atoms with van der Waals surface area (Å²) in [5, 5.41) is 0. The summed E-state index contributed by atoms with van der Waals surface area (Å²) in [6.45, 7) is 4.10. The second kappa shape index (κ2) is 11.3. The lowest BCUT2D eigenvalue weighted by molar-refractivity contribution is 0.0258. The topological polar surface area (TPSA) is 75.6 Å². The van der Waals surface area contributed by atoms with E-state index in [0.29, 0.717) is 24.4 Å². The number of para-hydroxylation sites is 1. The number of benzene rings is 1. The Bertz CT molecular complexity index is 936. The number of ether oxygens (including phenoxy) is 1. The van der Waals surface area contributed by atoms with Gasteiger partial charge in [-0.05, 0) is 57.2 Å². The van der Waals surface area contributed by atoms with Crippen LogP contribution in [0.25, 0.3) is 0 Å². The van der Waals surface area contributed by atoms with E-state index in [1.807, 2.05) is 41.0 Å². The molecule has 4 rings (SSSR count). The maximum Gasteiger partial charge on any atom is 0.292 e. The second-order valence-electron chi connectivity index (χ2n) is 8.87. The minimum absolute atomic E-state index is 0.0168. The third kappa shape index (κ3) is 5.52. The van der Waals surface area contributed by atoms with Crippen molar-refractivity contribution < 1.29 is 14.3 Å². The lowest BCUT2D eigenvalue weighted by Crippen LogP contribution is -2.51. The van der Waals surface area contributed by atoms with E-state index < -0.39 is 0 Å². The van der Waals surface area contributed by atoms with Crippen molar-refractivity contribution in [3.63, 3.8) is 0 Å². The van der Waals surface area contributed by atoms with Crippen molar-refractivity contribution in [1.82, 2.24) is 19.8 Å². The third-order valence-corrected chi connectivity index (χ3v) is 6.73. The normalized spacial score (nSPS) is 22.5. The molecule has 0 radical (unpaired) electrons. The first-order valence-electron chi connectivity index (χ1n) is 12.3. The summed E-state index contributed by atoms with van der Waals surface area (Å²) >= 11 is 0. The van der Waals surface area contributed by atoms with Crippen LogP contribution >= 0.6 is 0 Å². The van der Waals surface area contributed by atoms with Crippen molar-refractivity contribution in [2.45, 2.75) is 70.4 Å². The number of carbonyl (C=O) groups excluding carboxylic acids is 2. The molecule has 1 aliphatic heterocycles. The fraction of sp³-hybridized carbons (Fsp3) is 0.538. The Morgan fingerprint density at radius 3 is 2.48 bits per heavy atom. The number of hydrogen-bond acceptors (Lipinski definition) is 5. The Hall–Kier alpha value is -2.96. The third-order valence-electron chi connectivity index (χ3n) is 6.73. The molecule has 2 atom stereocenters. The zero-order chi connectivity index (χ0) is 23.0. The van der Waals surface area contributed by atoms with E-state index in [1.54, 1.807) is 18.5 Å². The van der Waals surface area contributed by atoms with Crippen LogP contribution in [0.2, 0.25) is 0 Å². The van der Waals surface area contributed by atoms with Crippen LogP contribution in [0.15, 0.2) is 42.7 Å². The summed E-state index contributed by atoms with van der Waals surface area (Å²) in [6.07, 6.45) is 10.8. The van der Waals surface area contributed by atoms with Gasteiger partial charge in [-0.25, -0.2) is 9.97 Å². The summed E-state index contributed by atoms with van der Waals surface area (Å²) < 4.78 is 6.54. The van der Waals surface area contributed by atoms with Gasteiger partial charge in [0.25, 0.3) is 11.8 Å². The molecule has 1 aromatic heterocycles. The number of fused-ring (bicyclic) bond motifs is 2. The van der Waals surface area contributed by atoms with E-state index in [0.717, 1.165) is 57.9 Å². The average Bonchev–Trinajstić information content (AvgIpc) is 2.86. The van der Waals surface area contributed by atoms with Crippen molar-refractivity contribution in [1.29, 1.82) is 0 Å². The highest BCUT2D eigenvalue weighted by atomic mass is 16.5. The van der Waals surface area contributed by atoms with Gasteiger partial charge in [-0.15, -0.1) is 0 Å². The Balaban J connectivity index is 1.67. The van der Waals surface area contributed by atoms with Gasteiger partial charge in [0.05, 0.1) is 11.6 Å². The average molecular weight is 451 g/mol. The molecular formula is C26H34N4O3. The fourth-order valence-electron chi connectivity index (χ4n) is 4.95. The molecule has 0 spiro atoms. The number of amides is 2. The molecule has 2 aromatic rings. The highest BCUT2D eigenvalue weighted by molar-refractivity contribution is 5.97. The minimum atomic E-state index is -0.168. The molecular weight excluding hydrogens is 416 g/mol. The lowest BCUT2D eigenvalue weighted by atomic mass is 9.90. The zero-order valence-corrected chi connectivity index (χ0v) is 19.5. The molecule has 1 saturated carbocycles. The van der Waals surface area contributed by atoms with E-state index in [2.05, 4.69) is 9.97 Å². The SMILES string of the molecule is CCN1CCCCCCN(C(=O)c2ncccn2)[C@@H]2CCCC[C@@H]2Oc2ccccc2C1=O. The van der Waals surface area contributed by atoms with E-state index in [9.17, 15) is 9.59 Å². The minimum Gasteiger partial charge on any atom is -0.487 e. The molecule has 33 heavy (non-hydrogen) atoms. The van der Waals surface area contributed by atoms with Gasteiger partial charge in [-0.2, -0.15) is 0 Å². The fourth-order valence-corrected chi connectivity index (χ4v) is 4.95. The monoisotopic (exact) mass is 450 g/mol. The highest BCUT2D eigenvalue weighted by Crippen LogP contribution is 2.31. The van der Waals surface area contributed by atoms with Crippen LogP contribution in [-0.2, 0) is 0 Å². The molecule has 2 amide bonds. The van der Waals surface area contributed by atoms with Crippen LogP contribution in [0.1, 0.15) is 79.3 Å². The Labute approximate surface area is 196 Å². The van der Waals surface area contributed by atoms with Crippen LogP contribution in [0.4, 0.5) is 0 Å². The van der Waals surface area contributed by atoms with Gasteiger partial charge in [0.1, 0.15) is 11.9 Å². The molecule has 1 aromatic carbocycles. The summed E-state index contributed by atoms with van der Waals surface area (Å²) in [7, 11) is 0. The number of aromatic nitrogens is 2. The highest BCUT2D eigenvalue weighted by Gasteiger charge is 2.36.